The van der Waals surface area contributed by atoms with Gasteiger partial charge in [-0.05, 0) is 24.6 Å². The Morgan fingerprint density at radius 2 is 2.24 bits per heavy atom. The molecule has 6 heteroatoms. The molecule has 0 saturated heterocycles. The van der Waals surface area contributed by atoms with Crippen LogP contribution in [0.2, 0.25) is 5.02 Å². The van der Waals surface area contributed by atoms with Crippen molar-refractivity contribution >= 4 is 22.9 Å². The Morgan fingerprint density at radius 1 is 1.43 bits per heavy atom. The number of hydrogen-bond acceptors (Lipinski definition) is 4. The SMILES string of the molecule is CC(C)CNCc1nc(COc2ccc(Cl)c(F)c2)cs1. The summed E-state index contributed by atoms with van der Waals surface area (Å²) >= 11 is 7.22. The van der Waals surface area contributed by atoms with Gasteiger partial charge in [-0.25, -0.2) is 9.37 Å². The molecule has 0 aliphatic rings. The average molecular weight is 329 g/mol. The molecule has 0 radical (unpaired) electrons. The first-order valence-corrected chi connectivity index (χ1v) is 8.02. The number of hydrogen-bond donors (Lipinski definition) is 1. The predicted octanol–water partition coefficient (Wildman–Crippen LogP) is 4.26. The molecule has 1 aromatic carbocycles. The van der Waals surface area contributed by atoms with Crippen molar-refractivity contribution < 1.29 is 9.13 Å². The van der Waals surface area contributed by atoms with Crippen molar-refractivity contribution in [1.82, 2.24) is 10.3 Å². The number of halogens is 2. The summed E-state index contributed by atoms with van der Waals surface area (Å²) in [6, 6.07) is 4.40. The number of rotatable bonds is 7. The van der Waals surface area contributed by atoms with Crippen LogP contribution in [0.4, 0.5) is 4.39 Å². The molecule has 0 unspecified atom stereocenters. The van der Waals surface area contributed by atoms with Crippen LogP contribution in [0.25, 0.3) is 0 Å². The third-order valence-electron chi connectivity index (χ3n) is 2.71. The quantitative estimate of drug-likeness (QED) is 0.824. The summed E-state index contributed by atoms with van der Waals surface area (Å²) < 4.78 is 18.8. The van der Waals surface area contributed by atoms with Crippen molar-refractivity contribution in [3.63, 3.8) is 0 Å². The van der Waals surface area contributed by atoms with E-state index >= 15 is 0 Å². The zero-order chi connectivity index (χ0) is 15.2. The monoisotopic (exact) mass is 328 g/mol. The largest absolute Gasteiger partial charge is 0.487 e. The fourth-order valence-electron chi connectivity index (χ4n) is 1.69. The predicted molar refractivity (Wildman–Crippen MR) is 84.4 cm³/mol. The standard InChI is InChI=1S/C15H18ClFN2OS/c1-10(2)6-18-7-15-19-11(9-21-15)8-20-12-3-4-13(16)14(17)5-12/h3-5,9-10,18H,6-8H2,1-2H3. The summed E-state index contributed by atoms with van der Waals surface area (Å²) in [4.78, 5) is 4.47. The van der Waals surface area contributed by atoms with Gasteiger partial charge in [-0.15, -0.1) is 11.3 Å². The maximum atomic E-state index is 13.3. The van der Waals surface area contributed by atoms with E-state index in [-0.39, 0.29) is 5.02 Å². The summed E-state index contributed by atoms with van der Waals surface area (Å²) in [6.45, 7) is 6.38. The van der Waals surface area contributed by atoms with Crippen molar-refractivity contribution in [2.75, 3.05) is 6.54 Å². The van der Waals surface area contributed by atoms with Gasteiger partial charge in [0.05, 0.1) is 10.7 Å². The third kappa shape index (κ3) is 5.26. The first-order valence-electron chi connectivity index (χ1n) is 6.76. The lowest BCUT2D eigenvalue weighted by molar-refractivity contribution is 0.300. The van der Waals surface area contributed by atoms with Gasteiger partial charge in [0.1, 0.15) is 23.2 Å². The van der Waals surface area contributed by atoms with E-state index in [1.54, 1.807) is 17.4 Å². The normalized spacial score (nSPS) is 11.1. The minimum atomic E-state index is -0.481. The van der Waals surface area contributed by atoms with E-state index in [1.807, 2.05) is 5.38 Å². The average Bonchev–Trinajstić information content (AvgIpc) is 2.88. The Kier molecular flexibility index (Phi) is 5.96. The lowest BCUT2D eigenvalue weighted by Crippen LogP contribution is -2.18. The van der Waals surface area contributed by atoms with Crippen molar-refractivity contribution in [1.29, 1.82) is 0 Å². The smallest absolute Gasteiger partial charge is 0.145 e. The molecule has 0 amide bonds. The molecule has 0 aliphatic heterocycles. The Labute approximate surface area is 133 Å². The summed E-state index contributed by atoms with van der Waals surface area (Å²) in [7, 11) is 0. The van der Waals surface area contributed by atoms with E-state index in [0.717, 1.165) is 23.8 Å². The van der Waals surface area contributed by atoms with E-state index in [9.17, 15) is 4.39 Å². The van der Waals surface area contributed by atoms with Gasteiger partial charge in [0, 0.05) is 18.0 Å². The first-order chi connectivity index (χ1) is 10.0. The molecule has 0 fully saturated rings. The van der Waals surface area contributed by atoms with Crippen LogP contribution >= 0.6 is 22.9 Å². The van der Waals surface area contributed by atoms with Crippen LogP contribution in [-0.4, -0.2) is 11.5 Å². The number of nitrogens with zero attached hydrogens (tertiary/aromatic N) is 1. The maximum Gasteiger partial charge on any atom is 0.145 e. The Morgan fingerprint density at radius 3 is 2.95 bits per heavy atom. The highest BCUT2D eigenvalue weighted by molar-refractivity contribution is 7.09. The molecule has 1 heterocycles. The van der Waals surface area contributed by atoms with E-state index < -0.39 is 5.82 Å². The van der Waals surface area contributed by atoms with Crippen LogP contribution in [-0.2, 0) is 13.2 Å². The number of nitrogens with one attached hydrogen (secondary N) is 1. The molecule has 1 aromatic heterocycles. The van der Waals surface area contributed by atoms with Gasteiger partial charge in [0.2, 0.25) is 0 Å². The second kappa shape index (κ2) is 7.73. The number of aromatic nitrogens is 1. The molecular formula is C15H18ClFN2OS. The van der Waals surface area contributed by atoms with Crippen LogP contribution < -0.4 is 10.1 Å². The van der Waals surface area contributed by atoms with E-state index in [4.69, 9.17) is 16.3 Å². The second-order valence-electron chi connectivity index (χ2n) is 5.12. The Bertz CT molecular complexity index is 589. The number of ether oxygens (including phenoxy) is 1. The highest BCUT2D eigenvalue weighted by Crippen LogP contribution is 2.21. The van der Waals surface area contributed by atoms with Gasteiger partial charge in [0.25, 0.3) is 0 Å². The summed E-state index contributed by atoms with van der Waals surface area (Å²) in [5.74, 6) is 0.586. The van der Waals surface area contributed by atoms with Crippen LogP contribution in [0.5, 0.6) is 5.75 Å². The zero-order valence-corrected chi connectivity index (χ0v) is 13.6. The second-order valence-corrected chi connectivity index (χ2v) is 6.47. The van der Waals surface area contributed by atoms with Gasteiger partial charge in [-0.2, -0.15) is 0 Å². The molecule has 1 N–H and O–H groups in total. The molecule has 3 nitrogen and oxygen atoms in total. The Balaban J connectivity index is 1.83. The van der Waals surface area contributed by atoms with Crippen molar-refractivity contribution in [2.45, 2.75) is 27.0 Å². The van der Waals surface area contributed by atoms with Crippen LogP contribution in [0.15, 0.2) is 23.6 Å². The minimum absolute atomic E-state index is 0.0921. The molecule has 2 aromatic rings. The summed E-state index contributed by atoms with van der Waals surface area (Å²) in [5.41, 5.74) is 0.844. The van der Waals surface area contributed by atoms with Crippen molar-refractivity contribution in [3.8, 4) is 5.75 Å². The molecule has 0 atom stereocenters. The minimum Gasteiger partial charge on any atom is -0.487 e. The van der Waals surface area contributed by atoms with Gasteiger partial charge in [-0.3, -0.25) is 0 Å². The highest BCUT2D eigenvalue weighted by Gasteiger charge is 2.05. The lowest BCUT2D eigenvalue weighted by atomic mass is 10.2. The maximum absolute atomic E-state index is 13.3. The lowest BCUT2D eigenvalue weighted by Gasteiger charge is -2.05. The summed E-state index contributed by atoms with van der Waals surface area (Å²) in [5, 5.41) is 6.42. The molecule has 0 bridgehead atoms. The molecule has 2 rings (SSSR count). The molecule has 114 valence electrons. The topological polar surface area (TPSA) is 34.2 Å². The number of thiazole rings is 1. The van der Waals surface area contributed by atoms with Gasteiger partial charge in [0.15, 0.2) is 0 Å². The third-order valence-corrected chi connectivity index (χ3v) is 3.91. The van der Waals surface area contributed by atoms with E-state index in [0.29, 0.717) is 18.3 Å². The van der Waals surface area contributed by atoms with E-state index in [1.165, 1.54) is 12.1 Å². The number of benzene rings is 1. The van der Waals surface area contributed by atoms with Crippen LogP contribution in [0.3, 0.4) is 0 Å². The summed E-state index contributed by atoms with van der Waals surface area (Å²) in [6.07, 6.45) is 0. The molecule has 0 aliphatic carbocycles. The van der Waals surface area contributed by atoms with Crippen LogP contribution in [0, 0.1) is 11.7 Å². The molecule has 21 heavy (non-hydrogen) atoms. The zero-order valence-electron chi connectivity index (χ0n) is 12.0. The van der Waals surface area contributed by atoms with Crippen molar-refractivity contribution in [3.05, 3.63) is 45.1 Å². The van der Waals surface area contributed by atoms with Gasteiger partial charge >= 0.3 is 0 Å². The first kappa shape index (κ1) is 16.2. The molecule has 0 spiro atoms. The van der Waals surface area contributed by atoms with Gasteiger partial charge < -0.3 is 10.1 Å². The van der Waals surface area contributed by atoms with E-state index in [2.05, 4.69) is 24.1 Å². The fraction of sp³-hybridized carbons (Fsp3) is 0.400. The fourth-order valence-corrected chi connectivity index (χ4v) is 2.55. The molecule has 0 saturated carbocycles. The van der Waals surface area contributed by atoms with Gasteiger partial charge in [-0.1, -0.05) is 25.4 Å². The molecular weight excluding hydrogens is 311 g/mol. The van der Waals surface area contributed by atoms with Crippen molar-refractivity contribution in [2.24, 2.45) is 5.92 Å². The van der Waals surface area contributed by atoms with Crippen LogP contribution in [0.1, 0.15) is 24.5 Å². The highest BCUT2D eigenvalue weighted by atomic mass is 35.5. The Hall–Kier alpha value is -1.17.